The molecule has 4 rings (SSSR count). The molecule has 5 atom stereocenters. The van der Waals surface area contributed by atoms with Gasteiger partial charge in [-0.3, -0.25) is 4.79 Å². The lowest BCUT2D eigenvalue weighted by Gasteiger charge is -2.44. The van der Waals surface area contributed by atoms with Gasteiger partial charge in [-0.15, -0.1) is 0 Å². The zero-order chi connectivity index (χ0) is 34.4. The minimum Gasteiger partial charge on any atom is -0.543 e. The van der Waals surface area contributed by atoms with Gasteiger partial charge in [0, 0.05) is 28.8 Å². The summed E-state index contributed by atoms with van der Waals surface area (Å²) in [7, 11) is -0.527. The fourth-order valence-electron chi connectivity index (χ4n) is 8.56. The van der Waals surface area contributed by atoms with Crippen LogP contribution in [0.15, 0.2) is 54.6 Å². The van der Waals surface area contributed by atoms with E-state index >= 15 is 0 Å². The van der Waals surface area contributed by atoms with E-state index in [2.05, 4.69) is 71.9 Å². The Hall–Kier alpha value is -2.77. The SMILES string of the molecule is CC[C@@]12C=C[C@@H](c3ccc(OC)cc3Cl)[C@H](c3ccc(O[Si](C(C)C)(C(C)C)C(C)C)cc3)[C@@H]1C(C)N(C(=O)OC(C)(C)C)C2=O. The molecule has 8 heteroatoms. The number of rotatable bonds is 9. The number of amides is 2. The number of benzene rings is 2. The highest BCUT2D eigenvalue weighted by Gasteiger charge is 2.62. The number of imide groups is 1. The van der Waals surface area contributed by atoms with Crippen LogP contribution in [0.5, 0.6) is 11.5 Å². The van der Waals surface area contributed by atoms with Crippen molar-refractivity contribution in [2.24, 2.45) is 11.3 Å². The quantitative estimate of drug-likeness (QED) is 0.197. The van der Waals surface area contributed by atoms with Gasteiger partial charge in [0.1, 0.15) is 17.1 Å². The maximum absolute atomic E-state index is 14.3. The molecular formula is C38H54ClNO5Si. The standard InChI is InChI=1S/C38H54ClNO5Si/c1-13-38-21-20-31(30-19-18-29(43-12)22-32(30)39)33(34(38)26(8)40(35(38)41)36(42)44-37(9,10)11)27-14-16-28(17-15-27)45-46(23(2)3,24(4)5)25(6)7/h14-26,31,33-34H,13H2,1-12H3/t26?,31-,33-,34-,38+/m0/s1. The van der Waals surface area contributed by atoms with Crippen molar-refractivity contribution in [1.29, 1.82) is 0 Å². The van der Waals surface area contributed by atoms with E-state index in [9.17, 15) is 9.59 Å². The Morgan fingerprint density at radius 2 is 1.54 bits per heavy atom. The molecule has 0 spiro atoms. The highest BCUT2D eigenvalue weighted by Crippen LogP contribution is 2.60. The van der Waals surface area contributed by atoms with Crippen molar-refractivity contribution < 1.29 is 23.5 Å². The summed E-state index contributed by atoms with van der Waals surface area (Å²) in [6.45, 7) is 23.2. The number of hydrogen-bond donors (Lipinski definition) is 0. The lowest BCUT2D eigenvalue weighted by atomic mass is 9.57. The Morgan fingerprint density at radius 3 is 2.02 bits per heavy atom. The highest BCUT2D eigenvalue weighted by atomic mass is 35.5. The van der Waals surface area contributed by atoms with Crippen molar-refractivity contribution in [3.63, 3.8) is 0 Å². The molecule has 1 fully saturated rings. The van der Waals surface area contributed by atoms with E-state index < -0.39 is 31.5 Å². The Labute approximate surface area is 283 Å². The molecule has 2 aliphatic rings. The number of nitrogens with zero attached hydrogens (tertiary/aromatic N) is 1. The lowest BCUT2D eigenvalue weighted by molar-refractivity contribution is -0.134. The van der Waals surface area contributed by atoms with E-state index in [0.717, 1.165) is 16.9 Å². The monoisotopic (exact) mass is 667 g/mol. The van der Waals surface area contributed by atoms with Gasteiger partial charge in [0.2, 0.25) is 5.91 Å². The Kier molecular flexibility index (Phi) is 10.5. The zero-order valence-electron chi connectivity index (χ0n) is 29.8. The molecule has 1 unspecified atom stereocenters. The second-order valence-corrected chi connectivity index (χ2v) is 20.9. The van der Waals surface area contributed by atoms with Gasteiger partial charge in [0.25, 0.3) is 8.32 Å². The topological polar surface area (TPSA) is 65.1 Å². The van der Waals surface area contributed by atoms with Gasteiger partial charge < -0.3 is 13.9 Å². The highest BCUT2D eigenvalue weighted by molar-refractivity contribution is 6.78. The lowest BCUT2D eigenvalue weighted by Crippen LogP contribution is -2.50. The van der Waals surface area contributed by atoms with Gasteiger partial charge >= 0.3 is 6.09 Å². The Morgan fingerprint density at radius 1 is 0.978 bits per heavy atom. The predicted molar refractivity (Wildman–Crippen MR) is 189 cm³/mol. The predicted octanol–water partition coefficient (Wildman–Crippen LogP) is 10.5. The number of ether oxygens (including phenoxy) is 2. The third-order valence-electron chi connectivity index (χ3n) is 10.5. The molecule has 0 aromatic heterocycles. The molecule has 1 saturated heterocycles. The molecule has 1 heterocycles. The van der Waals surface area contributed by atoms with Crippen LogP contribution >= 0.6 is 11.6 Å². The van der Waals surface area contributed by atoms with Crippen molar-refractivity contribution >= 4 is 31.9 Å². The van der Waals surface area contributed by atoms with Crippen LogP contribution < -0.4 is 9.16 Å². The molecule has 1 aliphatic heterocycles. The summed E-state index contributed by atoms with van der Waals surface area (Å²) in [6.07, 6.45) is 4.12. The minimum absolute atomic E-state index is 0.140. The maximum Gasteiger partial charge on any atom is 0.417 e. The third-order valence-corrected chi connectivity index (χ3v) is 16.9. The first-order valence-corrected chi connectivity index (χ1v) is 19.3. The van der Waals surface area contributed by atoms with Crippen LogP contribution in [0.25, 0.3) is 0 Å². The molecular weight excluding hydrogens is 614 g/mol. The Balaban J connectivity index is 1.86. The zero-order valence-corrected chi connectivity index (χ0v) is 31.6. The number of carbonyl (C=O) groups excluding carboxylic acids is 2. The third kappa shape index (κ3) is 6.26. The minimum atomic E-state index is -2.15. The average molecular weight is 668 g/mol. The molecule has 0 N–H and O–H groups in total. The fourth-order valence-corrected chi connectivity index (χ4v) is 14.1. The number of carbonyl (C=O) groups is 2. The van der Waals surface area contributed by atoms with Gasteiger partial charge in [-0.05, 0) is 86.1 Å². The van der Waals surface area contributed by atoms with Gasteiger partial charge in [-0.1, -0.05) is 90.4 Å². The molecule has 2 amide bonds. The number of halogens is 1. The average Bonchev–Trinajstić information content (AvgIpc) is 3.20. The Bertz CT molecular complexity index is 1420. The van der Waals surface area contributed by atoms with E-state index in [1.54, 1.807) is 7.11 Å². The van der Waals surface area contributed by atoms with Gasteiger partial charge in [-0.25, -0.2) is 9.69 Å². The summed E-state index contributed by atoms with van der Waals surface area (Å²) in [6, 6.07) is 13.9. The maximum atomic E-state index is 14.3. The van der Waals surface area contributed by atoms with E-state index in [1.807, 2.05) is 58.9 Å². The molecule has 1 aliphatic carbocycles. The van der Waals surface area contributed by atoms with Crippen molar-refractivity contribution in [2.45, 2.75) is 123 Å². The summed E-state index contributed by atoms with van der Waals surface area (Å²) in [5.41, 5.74) is 1.79. The van der Waals surface area contributed by atoms with Crippen molar-refractivity contribution in [3.05, 3.63) is 70.8 Å². The van der Waals surface area contributed by atoms with Crippen LogP contribution in [0.4, 0.5) is 4.79 Å². The van der Waals surface area contributed by atoms with E-state index in [1.165, 1.54) is 4.90 Å². The molecule has 46 heavy (non-hydrogen) atoms. The molecule has 2 aromatic carbocycles. The van der Waals surface area contributed by atoms with E-state index in [-0.39, 0.29) is 23.7 Å². The van der Waals surface area contributed by atoms with Crippen molar-refractivity contribution in [1.82, 2.24) is 4.90 Å². The van der Waals surface area contributed by atoms with Gasteiger partial charge in [-0.2, -0.15) is 0 Å². The van der Waals surface area contributed by atoms with Crippen LogP contribution in [0.3, 0.4) is 0 Å². The first-order valence-electron chi connectivity index (χ1n) is 16.8. The van der Waals surface area contributed by atoms with Crippen molar-refractivity contribution in [2.75, 3.05) is 7.11 Å². The first-order chi connectivity index (χ1) is 21.4. The summed E-state index contributed by atoms with van der Waals surface area (Å²) in [4.78, 5) is 29.2. The van der Waals surface area contributed by atoms with Crippen molar-refractivity contribution in [3.8, 4) is 11.5 Å². The second kappa shape index (κ2) is 13.4. The second-order valence-electron chi connectivity index (χ2n) is 15.1. The van der Waals surface area contributed by atoms with Gasteiger partial charge in [0.15, 0.2) is 0 Å². The van der Waals surface area contributed by atoms with E-state index in [0.29, 0.717) is 33.8 Å². The van der Waals surface area contributed by atoms with Crippen LogP contribution in [0.2, 0.25) is 21.6 Å². The molecule has 0 bridgehead atoms. The summed E-state index contributed by atoms with van der Waals surface area (Å²) in [5.74, 6) is 0.849. The molecule has 0 radical (unpaired) electrons. The largest absolute Gasteiger partial charge is 0.543 e. The normalized spacial score (nSPS) is 25.0. The number of hydrogen-bond acceptors (Lipinski definition) is 5. The molecule has 0 saturated carbocycles. The van der Waals surface area contributed by atoms with Crippen LogP contribution in [0.1, 0.15) is 106 Å². The number of methoxy groups -OCH3 is 1. The molecule has 2 aromatic rings. The number of allylic oxidation sites excluding steroid dienone is 1. The van der Waals surface area contributed by atoms with Gasteiger partial charge in [0.05, 0.1) is 12.5 Å². The smallest absolute Gasteiger partial charge is 0.417 e. The number of likely N-dealkylation sites (tertiary alicyclic amines) is 1. The summed E-state index contributed by atoms with van der Waals surface area (Å²) in [5, 5.41) is 0.602. The fraction of sp³-hybridized carbons (Fsp3) is 0.579. The van der Waals surface area contributed by atoms with Crippen LogP contribution in [-0.2, 0) is 9.53 Å². The summed E-state index contributed by atoms with van der Waals surface area (Å²) >= 11 is 6.93. The first kappa shape index (κ1) is 36.1. The molecule has 6 nitrogen and oxygen atoms in total. The summed E-state index contributed by atoms with van der Waals surface area (Å²) < 4.78 is 18.2. The van der Waals surface area contributed by atoms with E-state index in [4.69, 9.17) is 25.5 Å². The van der Waals surface area contributed by atoms with Crippen LogP contribution in [0, 0.1) is 11.3 Å². The molecule has 252 valence electrons. The number of fused-ring (bicyclic) bond motifs is 1. The van der Waals surface area contributed by atoms with Crippen LogP contribution in [-0.4, -0.2) is 44.0 Å².